The zero-order valence-corrected chi connectivity index (χ0v) is 10.8. The second-order valence-corrected chi connectivity index (χ2v) is 3.79. The van der Waals surface area contributed by atoms with Gasteiger partial charge in [-0.3, -0.25) is 0 Å². The molecule has 0 aromatic heterocycles. The number of hydrogen-bond donors (Lipinski definition) is 1. The Morgan fingerprint density at radius 1 is 1.37 bits per heavy atom. The minimum Gasteiger partial charge on any atom is -0.463 e. The predicted molar refractivity (Wildman–Crippen MR) is 66.9 cm³/mol. The molecule has 5 nitrogen and oxygen atoms in total. The van der Waals surface area contributed by atoms with Crippen LogP contribution in [-0.4, -0.2) is 24.6 Å². The predicted octanol–water partition coefficient (Wildman–Crippen LogP) is 1.91. The number of nitrogen functional groups attached to an aromatic ring is 1. The van der Waals surface area contributed by atoms with Crippen LogP contribution < -0.4 is 5.73 Å². The molecule has 0 spiro atoms. The van der Waals surface area contributed by atoms with Crippen molar-refractivity contribution in [3.63, 3.8) is 0 Å². The van der Waals surface area contributed by atoms with E-state index in [0.717, 1.165) is 12.1 Å². The van der Waals surface area contributed by atoms with Crippen LogP contribution in [-0.2, 0) is 14.3 Å². The fraction of sp³-hybridized carbons (Fsp3) is 0.385. The van der Waals surface area contributed by atoms with Crippen LogP contribution in [0.5, 0.6) is 0 Å². The molecule has 1 atom stereocenters. The third-order valence-electron chi connectivity index (χ3n) is 2.40. The summed E-state index contributed by atoms with van der Waals surface area (Å²) >= 11 is 0. The topological polar surface area (TPSA) is 78.6 Å². The van der Waals surface area contributed by atoms with Gasteiger partial charge in [-0.15, -0.1) is 0 Å². The highest BCUT2D eigenvalue weighted by molar-refractivity contribution is 5.92. The third kappa shape index (κ3) is 3.94. The average molecular weight is 269 g/mol. The Balaban J connectivity index is 2.77. The molecular weight excluding hydrogens is 253 g/mol. The Morgan fingerprint density at radius 2 is 2.05 bits per heavy atom. The maximum absolute atomic E-state index is 13.0. The quantitative estimate of drug-likeness (QED) is 0.652. The largest absolute Gasteiger partial charge is 0.463 e. The number of ether oxygens (including phenoxy) is 2. The van der Waals surface area contributed by atoms with Crippen molar-refractivity contribution in [2.75, 3.05) is 12.3 Å². The summed E-state index contributed by atoms with van der Waals surface area (Å²) in [6.07, 6.45) is -0.680. The monoisotopic (exact) mass is 269 g/mol. The summed E-state index contributed by atoms with van der Waals surface area (Å²) < 4.78 is 22.7. The zero-order valence-electron chi connectivity index (χ0n) is 10.8. The molecule has 0 saturated heterocycles. The van der Waals surface area contributed by atoms with Crippen molar-refractivity contribution in [3.05, 3.63) is 29.6 Å². The highest BCUT2D eigenvalue weighted by Crippen LogP contribution is 2.14. The fourth-order valence-electron chi connectivity index (χ4n) is 1.40. The first-order valence-electron chi connectivity index (χ1n) is 5.92. The lowest BCUT2D eigenvalue weighted by molar-refractivity contribution is -0.153. The number of hydrogen-bond acceptors (Lipinski definition) is 5. The van der Waals surface area contributed by atoms with Crippen LogP contribution in [0.1, 0.15) is 30.6 Å². The first-order valence-corrected chi connectivity index (χ1v) is 5.92. The summed E-state index contributed by atoms with van der Waals surface area (Å²) in [4.78, 5) is 23.3. The van der Waals surface area contributed by atoms with Crippen LogP contribution in [0.15, 0.2) is 18.2 Å². The third-order valence-corrected chi connectivity index (χ3v) is 2.40. The van der Waals surface area contributed by atoms with E-state index in [-0.39, 0.29) is 17.9 Å². The van der Waals surface area contributed by atoms with Crippen molar-refractivity contribution < 1.29 is 23.5 Å². The van der Waals surface area contributed by atoms with Crippen LogP contribution in [0.25, 0.3) is 0 Å². The number of esters is 2. The second kappa shape index (κ2) is 6.72. The lowest BCUT2D eigenvalue weighted by Gasteiger charge is -2.14. The van der Waals surface area contributed by atoms with E-state index in [4.69, 9.17) is 15.2 Å². The van der Waals surface area contributed by atoms with E-state index in [0.29, 0.717) is 6.42 Å². The lowest BCUT2D eigenvalue weighted by atomic mass is 10.2. The Labute approximate surface area is 110 Å². The smallest absolute Gasteiger partial charge is 0.347 e. The standard InChI is InChI=1S/C13H16FNO4/c1-3-11(13(17)18-4-2)19-12(16)8-5-6-9(14)10(15)7-8/h5-7,11H,3-4,15H2,1-2H3. The van der Waals surface area contributed by atoms with E-state index < -0.39 is 23.9 Å². The molecule has 1 unspecified atom stereocenters. The number of carbonyl (C=O) groups excluding carboxylic acids is 2. The average Bonchev–Trinajstić information content (AvgIpc) is 2.39. The van der Waals surface area contributed by atoms with E-state index in [2.05, 4.69) is 0 Å². The summed E-state index contributed by atoms with van der Waals surface area (Å²) in [7, 11) is 0. The van der Waals surface area contributed by atoms with Crippen molar-refractivity contribution in [1.29, 1.82) is 0 Å². The van der Waals surface area contributed by atoms with Gasteiger partial charge in [-0.2, -0.15) is 0 Å². The molecule has 0 heterocycles. The van der Waals surface area contributed by atoms with Gasteiger partial charge in [0.2, 0.25) is 0 Å². The first kappa shape index (κ1) is 14.9. The van der Waals surface area contributed by atoms with E-state index >= 15 is 0 Å². The molecule has 2 N–H and O–H groups in total. The summed E-state index contributed by atoms with van der Waals surface area (Å²) in [5, 5.41) is 0. The molecule has 0 fully saturated rings. The van der Waals surface area contributed by atoms with Crippen molar-refractivity contribution in [2.45, 2.75) is 26.4 Å². The molecule has 6 heteroatoms. The highest BCUT2D eigenvalue weighted by Gasteiger charge is 2.23. The van der Waals surface area contributed by atoms with E-state index in [1.54, 1.807) is 13.8 Å². The maximum Gasteiger partial charge on any atom is 0.347 e. The Kier molecular flexibility index (Phi) is 5.29. The van der Waals surface area contributed by atoms with Crippen LogP contribution in [0, 0.1) is 5.82 Å². The second-order valence-electron chi connectivity index (χ2n) is 3.79. The number of carbonyl (C=O) groups is 2. The molecule has 1 aromatic carbocycles. The Bertz CT molecular complexity index is 476. The molecule has 0 amide bonds. The molecule has 104 valence electrons. The van der Waals surface area contributed by atoms with Gasteiger partial charge >= 0.3 is 11.9 Å². The number of benzene rings is 1. The van der Waals surface area contributed by atoms with Gasteiger partial charge in [0.25, 0.3) is 0 Å². The Hall–Kier alpha value is -2.11. The molecular formula is C13H16FNO4. The fourth-order valence-corrected chi connectivity index (χ4v) is 1.40. The van der Waals surface area contributed by atoms with Gasteiger partial charge in [0, 0.05) is 0 Å². The molecule has 0 bridgehead atoms. The Morgan fingerprint density at radius 3 is 2.58 bits per heavy atom. The van der Waals surface area contributed by atoms with Crippen molar-refractivity contribution in [1.82, 2.24) is 0 Å². The van der Waals surface area contributed by atoms with Gasteiger partial charge in [0.15, 0.2) is 6.10 Å². The normalized spacial score (nSPS) is 11.7. The SMILES string of the molecule is CCOC(=O)C(CC)OC(=O)c1ccc(F)c(N)c1. The minimum absolute atomic E-state index is 0.0849. The number of halogens is 1. The van der Waals surface area contributed by atoms with Crippen LogP contribution in [0.2, 0.25) is 0 Å². The summed E-state index contributed by atoms with van der Waals surface area (Å²) in [5.74, 6) is -1.96. The number of anilines is 1. The molecule has 0 aliphatic carbocycles. The molecule has 0 radical (unpaired) electrons. The van der Waals surface area contributed by atoms with Gasteiger partial charge in [0.05, 0.1) is 17.9 Å². The van der Waals surface area contributed by atoms with Crippen LogP contribution >= 0.6 is 0 Å². The molecule has 0 aliphatic rings. The van der Waals surface area contributed by atoms with Crippen molar-refractivity contribution in [3.8, 4) is 0 Å². The molecule has 0 saturated carbocycles. The van der Waals surface area contributed by atoms with Gasteiger partial charge < -0.3 is 15.2 Å². The van der Waals surface area contributed by atoms with Crippen molar-refractivity contribution >= 4 is 17.6 Å². The molecule has 0 aliphatic heterocycles. The van der Waals surface area contributed by atoms with Gasteiger partial charge in [0.1, 0.15) is 5.82 Å². The maximum atomic E-state index is 13.0. The first-order chi connectivity index (χ1) is 8.99. The minimum atomic E-state index is -0.973. The van der Waals surface area contributed by atoms with Gasteiger partial charge in [-0.25, -0.2) is 14.0 Å². The van der Waals surface area contributed by atoms with E-state index in [1.165, 1.54) is 6.07 Å². The van der Waals surface area contributed by atoms with E-state index in [9.17, 15) is 14.0 Å². The van der Waals surface area contributed by atoms with Gasteiger partial charge in [-0.05, 0) is 31.5 Å². The van der Waals surface area contributed by atoms with Crippen LogP contribution in [0.4, 0.5) is 10.1 Å². The highest BCUT2D eigenvalue weighted by atomic mass is 19.1. The van der Waals surface area contributed by atoms with E-state index in [1.807, 2.05) is 0 Å². The molecule has 1 aromatic rings. The summed E-state index contributed by atoms with van der Waals surface area (Å²) in [6.45, 7) is 3.55. The zero-order chi connectivity index (χ0) is 14.4. The van der Waals surface area contributed by atoms with Crippen LogP contribution in [0.3, 0.4) is 0 Å². The summed E-state index contributed by atoms with van der Waals surface area (Å²) in [6, 6.07) is 3.47. The number of nitrogens with two attached hydrogens (primary N) is 1. The molecule has 19 heavy (non-hydrogen) atoms. The molecule has 1 rings (SSSR count). The van der Waals surface area contributed by atoms with Crippen molar-refractivity contribution in [2.24, 2.45) is 0 Å². The summed E-state index contributed by atoms with van der Waals surface area (Å²) in [5.41, 5.74) is 5.29. The number of rotatable bonds is 5. The van der Waals surface area contributed by atoms with Gasteiger partial charge in [-0.1, -0.05) is 6.92 Å². The lowest BCUT2D eigenvalue weighted by Crippen LogP contribution is -2.28.